The number of anilines is 1. The van der Waals surface area contributed by atoms with E-state index in [0.29, 0.717) is 17.8 Å². The van der Waals surface area contributed by atoms with Crippen LogP contribution in [0.4, 0.5) is 11.4 Å². The van der Waals surface area contributed by atoms with Crippen LogP contribution in [-0.2, 0) is 16.1 Å². The smallest absolute Gasteiger partial charge is 0.282 e. The number of non-ortho nitro benzene ring substituents is 1. The van der Waals surface area contributed by atoms with Crippen LogP contribution in [0.15, 0.2) is 78.5 Å². The molecule has 0 N–H and O–H groups in total. The van der Waals surface area contributed by atoms with Gasteiger partial charge in [-0.15, -0.1) is 0 Å². The van der Waals surface area contributed by atoms with Crippen molar-refractivity contribution in [3.05, 3.63) is 111 Å². The Bertz CT molecular complexity index is 1260. The molecule has 3 aromatic carbocycles. The van der Waals surface area contributed by atoms with Crippen molar-refractivity contribution in [2.24, 2.45) is 0 Å². The van der Waals surface area contributed by atoms with Crippen LogP contribution in [0, 0.1) is 24.0 Å². The Labute approximate surface area is 191 Å². The summed E-state index contributed by atoms with van der Waals surface area (Å²) in [6.07, 6.45) is 0. The lowest BCUT2D eigenvalue weighted by atomic mass is 10.0. The molecule has 0 aromatic heterocycles. The van der Waals surface area contributed by atoms with Gasteiger partial charge in [0.15, 0.2) is 0 Å². The maximum atomic E-state index is 13.6. The number of aryl methyl sites for hydroxylation is 2. The molecule has 1 heterocycles. The second-order valence-electron chi connectivity index (χ2n) is 8.16. The summed E-state index contributed by atoms with van der Waals surface area (Å²) < 4.78 is 0. The van der Waals surface area contributed by atoms with Gasteiger partial charge in [0.2, 0.25) is 0 Å². The molecule has 0 aliphatic carbocycles. The molecule has 0 saturated carbocycles. The van der Waals surface area contributed by atoms with Gasteiger partial charge in [-0.25, -0.2) is 4.90 Å². The lowest BCUT2D eigenvalue weighted by Gasteiger charge is -2.22. The van der Waals surface area contributed by atoms with Crippen molar-refractivity contribution < 1.29 is 14.5 Å². The summed E-state index contributed by atoms with van der Waals surface area (Å²) in [6, 6.07) is 20.9. The van der Waals surface area contributed by atoms with Gasteiger partial charge >= 0.3 is 0 Å². The third-order valence-corrected chi connectivity index (χ3v) is 5.54. The average molecular weight is 441 g/mol. The zero-order valence-corrected chi connectivity index (χ0v) is 18.6. The summed E-state index contributed by atoms with van der Waals surface area (Å²) in [6.45, 7) is 4.25. The Kier molecular flexibility index (Phi) is 5.79. The quantitative estimate of drug-likeness (QED) is 0.316. The highest BCUT2D eigenvalue weighted by atomic mass is 16.6. The van der Waals surface area contributed by atoms with Gasteiger partial charge in [-0.1, -0.05) is 36.4 Å². The third-order valence-electron chi connectivity index (χ3n) is 5.54. The third kappa shape index (κ3) is 4.25. The SMILES string of the molecule is Cc1cc(C)cc(N2C(=O)C(c3ccc([N+](=O)[O-])cc3)=C(N(C)Cc3ccccc3)C2=O)c1. The van der Waals surface area contributed by atoms with Gasteiger partial charge in [-0.2, -0.15) is 0 Å². The molecule has 0 unspecified atom stereocenters. The molecule has 0 atom stereocenters. The van der Waals surface area contributed by atoms with Gasteiger partial charge in [-0.3, -0.25) is 19.7 Å². The number of likely N-dealkylation sites (N-methyl/N-ethyl adjacent to an activating group) is 1. The Morgan fingerprint density at radius 1 is 0.879 bits per heavy atom. The fourth-order valence-corrected chi connectivity index (χ4v) is 4.13. The number of nitrogens with zero attached hydrogens (tertiary/aromatic N) is 3. The van der Waals surface area contributed by atoms with Crippen LogP contribution < -0.4 is 4.90 Å². The molecule has 3 aromatic rings. The molecular formula is C26H23N3O4. The van der Waals surface area contributed by atoms with E-state index in [1.807, 2.05) is 50.2 Å². The van der Waals surface area contributed by atoms with Gasteiger partial charge in [0.05, 0.1) is 16.2 Å². The predicted octanol–water partition coefficient (Wildman–Crippen LogP) is 4.63. The minimum atomic E-state index is -0.496. The van der Waals surface area contributed by atoms with E-state index in [4.69, 9.17) is 0 Å². The Balaban J connectivity index is 1.82. The summed E-state index contributed by atoms with van der Waals surface area (Å²) >= 11 is 0. The molecule has 7 heteroatoms. The topological polar surface area (TPSA) is 83.8 Å². The molecule has 1 aliphatic heterocycles. The van der Waals surface area contributed by atoms with Crippen molar-refractivity contribution in [1.29, 1.82) is 0 Å². The largest absolute Gasteiger partial charge is 0.365 e. The summed E-state index contributed by atoms with van der Waals surface area (Å²) in [5.74, 6) is -0.870. The second kappa shape index (κ2) is 8.70. The summed E-state index contributed by atoms with van der Waals surface area (Å²) in [4.78, 5) is 40.8. The van der Waals surface area contributed by atoms with E-state index in [-0.39, 0.29) is 17.0 Å². The number of hydrogen-bond donors (Lipinski definition) is 0. The number of imide groups is 1. The Morgan fingerprint density at radius 3 is 2.06 bits per heavy atom. The standard InChI is InChI=1S/C26H23N3O4/c1-17-13-18(2)15-22(14-17)28-25(30)23(20-9-11-21(12-10-20)29(32)33)24(26(28)31)27(3)16-19-7-5-4-6-8-19/h4-15H,16H2,1-3H3. The van der Waals surface area contributed by atoms with Gasteiger partial charge in [0.1, 0.15) is 5.70 Å². The Hall–Kier alpha value is -4.26. The highest BCUT2D eigenvalue weighted by molar-refractivity contribution is 6.45. The number of rotatable bonds is 6. The molecule has 33 heavy (non-hydrogen) atoms. The molecule has 0 spiro atoms. The highest BCUT2D eigenvalue weighted by Gasteiger charge is 2.42. The first-order chi connectivity index (χ1) is 15.8. The van der Waals surface area contributed by atoms with Crippen LogP contribution in [0.1, 0.15) is 22.3 Å². The number of carbonyl (C=O) groups excluding carboxylic acids is 2. The molecule has 4 rings (SSSR count). The van der Waals surface area contributed by atoms with Crippen molar-refractivity contribution >= 4 is 28.8 Å². The van der Waals surface area contributed by atoms with Crippen LogP contribution in [-0.4, -0.2) is 28.7 Å². The first-order valence-electron chi connectivity index (χ1n) is 10.5. The van der Waals surface area contributed by atoms with Crippen molar-refractivity contribution in [3.63, 3.8) is 0 Å². The Morgan fingerprint density at radius 2 is 1.48 bits per heavy atom. The second-order valence-corrected chi connectivity index (χ2v) is 8.16. The number of amides is 2. The van der Waals surface area contributed by atoms with Gasteiger partial charge in [0, 0.05) is 25.7 Å². The molecule has 166 valence electrons. The molecule has 0 radical (unpaired) electrons. The maximum Gasteiger partial charge on any atom is 0.282 e. The number of benzene rings is 3. The van der Waals surface area contributed by atoms with Gasteiger partial charge in [0.25, 0.3) is 17.5 Å². The maximum absolute atomic E-state index is 13.6. The van der Waals surface area contributed by atoms with Crippen molar-refractivity contribution in [2.45, 2.75) is 20.4 Å². The van der Waals surface area contributed by atoms with Crippen LogP contribution in [0.5, 0.6) is 0 Å². The van der Waals surface area contributed by atoms with E-state index in [9.17, 15) is 19.7 Å². The zero-order chi connectivity index (χ0) is 23.7. The van der Waals surface area contributed by atoms with E-state index < -0.39 is 16.7 Å². The minimum absolute atomic E-state index is 0.0820. The average Bonchev–Trinajstić information content (AvgIpc) is 3.04. The van der Waals surface area contributed by atoms with Crippen LogP contribution in [0.25, 0.3) is 5.57 Å². The fraction of sp³-hybridized carbons (Fsp3) is 0.154. The number of nitro groups is 1. The van der Waals surface area contributed by atoms with E-state index in [0.717, 1.165) is 16.7 Å². The lowest BCUT2D eigenvalue weighted by molar-refractivity contribution is -0.384. The minimum Gasteiger partial charge on any atom is -0.365 e. The molecule has 0 fully saturated rings. The van der Waals surface area contributed by atoms with E-state index in [2.05, 4.69) is 0 Å². The van der Waals surface area contributed by atoms with E-state index in [1.54, 1.807) is 24.1 Å². The fourth-order valence-electron chi connectivity index (χ4n) is 4.13. The van der Waals surface area contributed by atoms with Gasteiger partial charge in [-0.05, 0) is 60.4 Å². The monoisotopic (exact) mass is 441 g/mol. The van der Waals surface area contributed by atoms with Gasteiger partial charge < -0.3 is 4.90 Å². The van der Waals surface area contributed by atoms with Crippen molar-refractivity contribution in [3.8, 4) is 0 Å². The summed E-state index contributed by atoms with van der Waals surface area (Å²) in [5, 5.41) is 11.1. The van der Waals surface area contributed by atoms with Crippen LogP contribution in [0.3, 0.4) is 0 Å². The molecular weight excluding hydrogens is 418 g/mol. The normalized spacial score (nSPS) is 13.6. The first kappa shape index (κ1) is 22.0. The summed E-state index contributed by atoms with van der Waals surface area (Å²) in [7, 11) is 1.77. The predicted molar refractivity (Wildman–Crippen MR) is 126 cm³/mol. The van der Waals surface area contributed by atoms with E-state index in [1.165, 1.54) is 29.2 Å². The molecule has 0 bridgehead atoms. The number of hydrogen-bond acceptors (Lipinski definition) is 5. The van der Waals surface area contributed by atoms with Crippen LogP contribution >= 0.6 is 0 Å². The molecule has 2 amide bonds. The molecule has 1 aliphatic rings. The number of carbonyl (C=O) groups is 2. The molecule has 0 saturated heterocycles. The van der Waals surface area contributed by atoms with Crippen molar-refractivity contribution in [2.75, 3.05) is 11.9 Å². The lowest BCUT2D eigenvalue weighted by Crippen LogP contribution is -2.34. The van der Waals surface area contributed by atoms with Crippen LogP contribution in [0.2, 0.25) is 0 Å². The molecule has 7 nitrogen and oxygen atoms in total. The highest BCUT2D eigenvalue weighted by Crippen LogP contribution is 2.36. The summed E-state index contributed by atoms with van der Waals surface area (Å²) in [5.41, 5.74) is 4.24. The van der Waals surface area contributed by atoms with Crippen molar-refractivity contribution in [1.82, 2.24) is 4.90 Å². The van der Waals surface area contributed by atoms with E-state index >= 15 is 0 Å². The number of nitro benzene ring substituents is 1. The zero-order valence-electron chi connectivity index (χ0n) is 18.6. The first-order valence-corrected chi connectivity index (χ1v) is 10.5.